The van der Waals surface area contributed by atoms with Gasteiger partial charge in [0.05, 0.1) is 17.1 Å². The third kappa shape index (κ3) is 4.79. The molecule has 0 aliphatic carbocycles. The molecule has 0 saturated carbocycles. The van der Waals surface area contributed by atoms with Crippen LogP contribution in [0.1, 0.15) is 11.1 Å². The lowest BCUT2D eigenvalue weighted by Crippen LogP contribution is -2.36. The summed E-state index contributed by atoms with van der Waals surface area (Å²) in [5, 5.41) is 12.9. The Balaban J connectivity index is 1.63. The fourth-order valence-electron chi connectivity index (χ4n) is 3.64. The van der Waals surface area contributed by atoms with E-state index in [2.05, 4.69) is 0 Å². The number of nitrogens with one attached hydrogen (secondary N) is 1. The number of nitrogens with zero attached hydrogens (tertiary/aromatic N) is 1. The summed E-state index contributed by atoms with van der Waals surface area (Å²) in [5.41, 5.74) is 8.51. The van der Waals surface area contributed by atoms with Gasteiger partial charge in [-0.25, -0.2) is 13.6 Å². The first-order valence-corrected chi connectivity index (χ1v) is 11.6. The number of anilines is 1. The Morgan fingerprint density at radius 1 is 1.06 bits per heavy atom. The molecule has 33 heavy (non-hydrogen) atoms. The van der Waals surface area contributed by atoms with Gasteiger partial charge in [-0.2, -0.15) is 0 Å². The van der Waals surface area contributed by atoms with Crippen LogP contribution >= 0.6 is 0 Å². The molecule has 9 heteroatoms. The number of primary sulfonamides is 1. The predicted molar refractivity (Wildman–Crippen MR) is 128 cm³/mol. The number of nitrogen functional groups attached to an aromatic ring is 1. The van der Waals surface area contributed by atoms with E-state index in [9.17, 15) is 13.2 Å². The van der Waals surface area contributed by atoms with Gasteiger partial charge in [0.25, 0.3) is 5.91 Å². The number of fused-ring (bicyclic) bond motifs is 1. The molecule has 5 N–H and O–H groups in total. The van der Waals surface area contributed by atoms with Gasteiger partial charge in [0.1, 0.15) is 18.2 Å². The standard InChI is InChI=1S/C24H22N4O4S/c25-24(26)18-5-3-4-16(14-18)8-11-23(29)28-12-13-32-21-15-17(9-10-20(21)28)19-6-1-2-7-22(19)33(27,30)31/h1-11,14-15H,12-13H2,(H3,25,26)(H2,27,30,31)/b11-8+. The lowest BCUT2D eigenvalue weighted by atomic mass is 10.0. The summed E-state index contributed by atoms with van der Waals surface area (Å²) in [7, 11) is -3.90. The molecule has 0 atom stereocenters. The summed E-state index contributed by atoms with van der Waals surface area (Å²) in [6.45, 7) is 0.670. The Bertz CT molecular complexity index is 1380. The zero-order valence-electron chi connectivity index (χ0n) is 17.6. The van der Waals surface area contributed by atoms with Crippen LogP contribution < -0.4 is 20.5 Å². The molecule has 1 aliphatic heterocycles. The van der Waals surface area contributed by atoms with E-state index in [0.29, 0.717) is 41.3 Å². The molecule has 0 saturated heterocycles. The van der Waals surface area contributed by atoms with Crippen molar-refractivity contribution >= 4 is 33.5 Å². The summed E-state index contributed by atoms with van der Waals surface area (Å²) in [4.78, 5) is 14.5. The minimum absolute atomic E-state index is 0.0180. The maximum atomic E-state index is 12.9. The maximum absolute atomic E-state index is 12.9. The van der Waals surface area contributed by atoms with Gasteiger partial charge in [0.2, 0.25) is 10.0 Å². The van der Waals surface area contributed by atoms with Crippen molar-refractivity contribution in [2.75, 3.05) is 18.1 Å². The van der Waals surface area contributed by atoms with Crippen molar-refractivity contribution in [1.29, 1.82) is 5.41 Å². The van der Waals surface area contributed by atoms with E-state index in [1.54, 1.807) is 65.6 Å². The highest BCUT2D eigenvalue weighted by Gasteiger charge is 2.24. The average molecular weight is 463 g/mol. The number of sulfonamides is 1. The van der Waals surface area contributed by atoms with E-state index in [-0.39, 0.29) is 16.6 Å². The Hall–Kier alpha value is -3.95. The van der Waals surface area contributed by atoms with Crippen LogP contribution in [0.4, 0.5) is 5.69 Å². The Labute approximate surface area is 191 Å². The van der Waals surface area contributed by atoms with Crippen molar-refractivity contribution in [3.05, 3.63) is 83.9 Å². The molecule has 4 rings (SSSR count). The first-order valence-electron chi connectivity index (χ1n) is 10.1. The quantitative estimate of drug-likeness (QED) is 0.304. The van der Waals surface area contributed by atoms with E-state index in [0.717, 1.165) is 5.56 Å². The summed E-state index contributed by atoms with van der Waals surface area (Å²) < 4.78 is 29.7. The molecule has 0 fully saturated rings. The average Bonchev–Trinajstić information content (AvgIpc) is 2.81. The molecular weight excluding hydrogens is 440 g/mol. The molecule has 8 nitrogen and oxygen atoms in total. The second kappa shape index (κ2) is 8.89. The predicted octanol–water partition coefficient (Wildman–Crippen LogP) is 2.72. The molecule has 168 valence electrons. The van der Waals surface area contributed by atoms with Crippen molar-refractivity contribution in [2.45, 2.75) is 4.90 Å². The summed E-state index contributed by atoms with van der Waals surface area (Å²) in [6, 6.07) is 18.7. The number of rotatable bonds is 5. The van der Waals surface area contributed by atoms with Gasteiger partial charge < -0.3 is 15.4 Å². The zero-order valence-corrected chi connectivity index (χ0v) is 18.4. The van der Waals surface area contributed by atoms with E-state index >= 15 is 0 Å². The largest absolute Gasteiger partial charge is 0.490 e. The van der Waals surface area contributed by atoms with Gasteiger partial charge in [0, 0.05) is 17.2 Å². The monoisotopic (exact) mass is 462 g/mol. The van der Waals surface area contributed by atoms with Gasteiger partial charge in [-0.05, 0) is 41.5 Å². The first-order chi connectivity index (χ1) is 15.7. The van der Waals surface area contributed by atoms with Gasteiger partial charge in [-0.1, -0.05) is 42.5 Å². The van der Waals surface area contributed by atoms with Crippen LogP contribution in [0.25, 0.3) is 17.2 Å². The number of carbonyl (C=O) groups excluding carboxylic acids is 1. The van der Waals surface area contributed by atoms with Crippen LogP contribution in [0, 0.1) is 5.41 Å². The molecule has 1 aliphatic rings. The number of benzene rings is 3. The summed E-state index contributed by atoms with van der Waals surface area (Å²) in [6.07, 6.45) is 3.12. The second-order valence-electron chi connectivity index (χ2n) is 7.43. The second-order valence-corrected chi connectivity index (χ2v) is 8.96. The highest BCUT2D eigenvalue weighted by molar-refractivity contribution is 7.89. The van der Waals surface area contributed by atoms with Crippen LogP contribution in [0.3, 0.4) is 0 Å². The molecule has 3 aromatic carbocycles. The molecule has 1 amide bonds. The van der Waals surface area contributed by atoms with E-state index in [1.807, 2.05) is 6.07 Å². The van der Waals surface area contributed by atoms with Crippen LogP contribution in [0.5, 0.6) is 5.75 Å². The summed E-state index contributed by atoms with van der Waals surface area (Å²) >= 11 is 0. The number of nitrogens with two attached hydrogens (primary N) is 2. The molecule has 0 bridgehead atoms. The smallest absolute Gasteiger partial charge is 0.251 e. The SMILES string of the molecule is N=C(N)c1cccc(/C=C/C(=O)N2CCOc3cc(-c4ccccc4S(N)(=O)=O)ccc32)c1. The minimum Gasteiger partial charge on any atom is -0.490 e. The molecule has 0 spiro atoms. The number of hydrogen-bond donors (Lipinski definition) is 3. The highest BCUT2D eigenvalue weighted by atomic mass is 32.2. The van der Waals surface area contributed by atoms with Crippen molar-refractivity contribution in [3.8, 4) is 16.9 Å². The van der Waals surface area contributed by atoms with Crippen molar-refractivity contribution in [2.24, 2.45) is 10.9 Å². The van der Waals surface area contributed by atoms with Crippen LogP contribution in [-0.4, -0.2) is 33.3 Å². The van der Waals surface area contributed by atoms with Crippen LogP contribution in [0.2, 0.25) is 0 Å². The molecule has 0 radical (unpaired) electrons. The third-order valence-corrected chi connectivity index (χ3v) is 6.18. The van der Waals surface area contributed by atoms with Crippen molar-refractivity contribution in [3.63, 3.8) is 0 Å². The maximum Gasteiger partial charge on any atom is 0.251 e. The lowest BCUT2D eigenvalue weighted by Gasteiger charge is -2.29. The lowest BCUT2D eigenvalue weighted by molar-refractivity contribution is -0.114. The normalized spacial score (nSPS) is 13.4. The van der Waals surface area contributed by atoms with Crippen LogP contribution in [0.15, 0.2) is 77.7 Å². The van der Waals surface area contributed by atoms with Crippen molar-refractivity contribution in [1.82, 2.24) is 0 Å². The Morgan fingerprint density at radius 2 is 1.85 bits per heavy atom. The molecule has 3 aromatic rings. The number of amidine groups is 1. The molecule has 0 aromatic heterocycles. The Morgan fingerprint density at radius 3 is 2.61 bits per heavy atom. The highest BCUT2D eigenvalue weighted by Crippen LogP contribution is 2.37. The Kier molecular flexibility index (Phi) is 5.99. The van der Waals surface area contributed by atoms with Gasteiger partial charge in [-0.3, -0.25) is 10.2 Å². The number of hydrogen-bond acceptors (Lipinski definition) is 5. The molecular formula is C24H22N4O4S. The van der Waals surface area contributed by atoms with Gasteiger partial charge >= 0.3 is 0 Å². The topological polar surface area (TPSA) is 140 Å². The van der Waals surface area contributed by atoms with Crippen molar-refractivity contribution < 1.29 is 17.9 Å². The van der Waals surface area contributed by atoms with E-state index in [1.165, 1.54) is 12.1 Å². The van der Waals surface area contributed by atoms with E-state index in [4.69, 9.17) is 21.0 Å². The molecule has 1 heterocycles. The first kappa shape index (κ1) is 22.3. The summed E-state index contributed by atoms with van der Waals surface area (Å²) in [5.74, 6) is 0.201. The van der Waals surface area contributed by atoms with Crippen LogP contribution in [-0.2, 0) is 14.8 Å². The fraction of sp³-hybridized carbons (Fsp3) is 0.0833. The van der Waals surface area contributed by atoms with Gasteiger partial charge in [-0.15, -0.1) is 0 Å². The number of amides is 1. The third-order valence-electron chi connectivity index (χ3n) is 5.21. The minimum atomic E-state index is -3.90. The zero-order chi connectivity index (χ0) is 23.6. The fourth-order valence-corrected chi connectivity index (χ4v) is 4.40. The number of carbonyl (C=O) groups is 1. The van der Waals surface area contributed by atoms with Gasteiger partial charge in [0.15, 0.2) is 0 Å². The van der Waals surface area contributed by atoms with E-state index < -0.39 is 10.0 Å². The molecule has 0 unspecified atom stereocenters. The number of ether oxygens (including phenoxy) is 1.